The number of aliphatic hydroxyl groups is 1. The van der Waals surface area contributed by atoms with Crippen LogP contribution in [0.4, 0.5) is 5.82 Å². The van der Waals surface area contributed by atoms with Gasteiger partial charge in [0.15, 0.2) is 0 Å². The van der Waals surface area contributed by atoms with Gasteiger partial charge in [-0.2, -0.15) is 0 Å². The monoisotopic (exact) mass is 391 g/mol. The van der Waals surface area contributed by atoms with E-state index >= 15 is 0 Å². The highest BCUT2D eigenvalue weighted by Crippen LogP contribution is 2.26. The van der Waals surface area contributed by atoms with Crippen LogP contribution >= 0.6 is 22.6 Å². The molecule has 1 fully saturated rings. The molecule has 0 radical (unpaired) electrons. The zero-order valence-electron chi connectivity index (χ0n) is 12.2. The number of anilines is 1. The number of rotatable bonds is 4. The SMILES string of the molecule is CC(C)Cc1ncnc(N2C[C@@H](CO)O[C@H](C)C2)c1I. The molecule has 0 aliphatic carbocycles. The Morgan fingerprint density at radius 1 is 1.45 bits per heavy atom. The molecule has 112 valence electrons. The van der Waals surface area contributed by atoms with Crippen molar-refractivity contribution >= 4 is 28.4 Å². The molecule has 2 heterocycles. The maximum atomic E-state index is 9.33. The van der Waals surface area contributed by atoms with Crippen LogP contribution in [0.3, 0.4) is 0 Å². The highest BCUT2D eigenvalue weighted by Gasteiger charge is 2.27. The molecule has 1 aliphatic rings. The second-order valence-electron chi connectivity index (χ2n) is 5.71. The molecule has 2 atom stereocenters. The number of aromatic nitrogens is 2. The molecule has 1 saturated heterocycles. The first-order valence-corrected chi connectivity index (χ1v) is 8.09. The van der Waals surface area contributed by atoms with Crippen LogP contribution in [-0.2, 0) is 11.2 Å². The molecule has 0 aromatic carbocycles. The van der Waals surface area contributed by atoms with Crippen LogP contribution in [0.2, 0.25) is 0 Å². The lowest BCUT2D eigenvalue weighted by molar-refractivity contribution is -0.0423. The first-order chi connectivity index (χ1) is 9.51. The third-order valence-electron chi connectivity index (χ3n) is 3.27. The van der Waals surface area contributed by atoms with Crippen LogP contribution in [0.5, 0.6) is 0 Å². The van der Waals surface area contributed by atoms with Gasteiger partial charge < -0.3 is 14.7 Å². The Morgan fingerprint density at radius 3 is 2.85 bits per heavy atom. The van der Waals surface area contributed by atoms with Crippen LogP contribution in [-0.4, -0.2) is 47.0 Å². The summed E-state index contributed by atoms with van der Waals surface area (Å²) in [5.74, 6) is 1.53. The number of hydrogen-bond acceptors (Lipinski definition) is 5. The first-order valence-electron chi connectivity index (χ1n) is 7.01. The summed E-state index contributed by atoms with van der Waals surface area (Å²) in [5.41, 5.74) is 1.10. The minimum absolute atomic E-state index is 0.0430. The predicted octanol–water partition coefficient (Wildman–Crippen LogP) is 1.87. The van der Waals surface area contributed by atoms with E-state index in [1.807, 2.05) is 6.92 Å². The van der Waals surface area contributed by atoms with E-state index in [-0.39, 0.29) is 18.8 Å². The van der Waals surface area contributed by atoms with Gasteiger partial charge in [0.1, 0.15) is 12.1 Å². The Balaban J connectivity index is 2.23. The molecule has 0 bridgehead atoms. The minimum atomic E-state index is -0.141. The third-order valence-corrected chi connectivity index (χ3v) is 4.38. The second kappa shape index (κ2) is 7.00. The smallest absolute Gasteiger partial charge is 0.145 e. The molecular weight excluding hydrogens is 369 g/mol. The molecule has 0 spiro atoms. The van der Waals surface area contributed by atoms with Crippen molar-refractivity contribution in [3.05, 3.63) is 15.6 Å². The van der Waals surface area contributed by atoms with Gasteiger partial charge in [-0.05, 0) is 41.9 Å². The summed E-state index contributed by atoms with van der Waals surface area (Å²) in [4.78, 5) is 11.0. The summed E-state index contributed by atoms with van der Waals surface area (Å²) in [6.45, 7) is 7.92. The van der Waals surface area contributed by atoms with Gasteiger partial charge in [0.25, 0.3) is 0 Å². The maximum absolute atomic E-state index is 9.33. The standard InChI is InChI=1S/C14H22IN3O2/c1-9(2)4-12-13(15)14(17-8-16-12)18-5-10(3)20-11(6-18)7-19/h8-11,19H,4-7H2,1-3H3/t10-,11+/m1/s1. The van der Waals surface area contributed by atoms with Crippen molar-refractivity contribution in [2.24, 2.45) is 5.92 Å². The lowest BCUT2D eigenvalue weighted by Crippen LogP contribution is -2.48. The summed E-state index contributed by atoms with van der Waals surface area (Å²) in [6, 6.07) is 0. The number of hydrogen-bond donors (Lipinski definition) is 1. The van der Waals surface area contributed by atoms with E-state index in [0.29, 0.717) is 12.5 Å². The minimum Gasteiger partial charge on any atom is -0.394 e. The fraction of sp³-hybridized carbons (Fsp3) is 0.714. The van der Waals surface area contributed by atoms with Crippen molar-refractivity contribution in [2.75, 3.05) is 24.6 Å². The second-order valence-corrected chi connectivity index (χ2v) is 6.79. The van der Waals surface area contributed by atoms with Crippen molar-refractivity contribution < 1.29 is 9.84 Å². The largest absolute Gasteiger partial charge is 0.394 e. The van der Waals surface area contributed by atoms with Gasteiger partial charge in [-0.1, -0.05) is 13.8 Å². The van der Waals surface area contributed by atoms with Gasteiger partial charge in [0.05, 0.1) is 28.1 Å². The zero-order valence-corrected chi connectivity index (χ0v) is 14.4. The van der Waals surface area contributed by atoms with Crippen molar-refractivity contribution in [3.63, 3.8) is 0 Å². The fourth-order valence-electron chi connectivity index (χ4n) is 2.46. The van der Waals surface area contributed by atoms with Gasteiger partial charge in [-0.15, -0.1) is 0 Å². The van der Waals surface area contributed by atoms with Crippen molar-refractivity contribution in [2.45, 2.75) is 39.4 Å². The van der Waals surface area contributed by atoms with Crippen molar-refractivity contribution in [3.8, 4) is 0 Å². The topological polar surface area (TPSA) is 58.5 Å². The van der Waals surface area contributed by atoms with Crippen molar-refractivity contribution in [1.29, 1.82) is 0 Å². The van der Waals surface area contributed by atoms with E-state index in [2.05, 4.69) is 51.3 Å². The third kappa shape index (κ3) is 3.79. The summed E-state index contributed by atoms with van der Waals surface area (Å²) in [6.07, 6.45) is 2.55. The molecular formula is C14H22IN3O2. The number of morpholine rings is 1. The van der Waals surface area contributed by atoms with E-state index in [1.54, 1.807) is 6.33 Å². The lowest BCUT2D eigenvalue weighted by Gasteiger charge is -2.37. The van der Waals surface area contributed by atoms with Crippen LogP contribution in [0.15, 0.2) is 6.33 Å². The highest BCUT2D eigenvalue weighted by atomic mass is 127. The Labute approximate surface area is 133 Å². The van der Waals surface area contributed by atoms with Gasteiger partial charge >= 0.3 is 0 Å². The van der Waals surface area contributed by atoms with E-state index in [4.69, 9.17) is 4.74 Å². The molecule has 20 heavy (non-hydrogen) atoms. The molecule has 5 nitrogen and oxygen atoms in total. The maximum Gasteiger partial charge on any atom is 0.145 e. The Hall–Kier alpha value is -0.470. The quantitative estimate of drug-likeness (QED) is 0.795. The Morgan fingerprint density at radius 2 is 2.20 bits per heavy atom. The Bertz CT molecular complexity index is 456. The first kappa shape index (κ1) is 15.9. The molecule has 1 aliphatic heterocycles. The number of nitrogens with zero attached hydrogens (tertiary/aromatic N) is 3. The van der Waals surface area contributed by atoms with E-state index < -0.39 is 0 Å². The normalized spacial score (nSPS) is 23.4. The molecule has 0 amide bonds. The molecule has 1 aromatic heterocycles. The number of aliphatic hydroxyl groups excluding tert-OH is 1. The summed E-state index contributed by atoms with van der Waals surface area (Å²) < 4.78 is 6.80. The number of halogens is 1. The Kier molecular flexibility index (Phi) is 5.57. The molecule has 1 aromatic rings. The van der Waals surface area contributed by atoms with Gasteiger partial charge in [0, 0.05) is 13.1 Å². The van der Waals surface area contributed by atoms with Gasteiger partial charge in [-0.25, -0.2) is 9.97 Å². The predicted molar refractivity (Wildman–Crippen MR) is 86.9 cm³/mol. The van der Waals surface area contributed by atoms with E-state index in [1.165, 1.54) is 0 Å². The van der Waals surface area contributed by atoms with E-state index in [0.717, 1.165) is 28.0 Å². The summed E-state index contributed by atoms with van der Waals surface area (Å²) in [7, 11) is 0. The van der Waals surface area contributed by atoms with Crippen LogP contribution < -0.4 is 4.90 Å². The molecule has 0 saturated carbocycles. The highest BCUT2D eigenvalue weighted by molar-refractivity contribution is 14.1. The summed E-state index contributed by atoms with van der Waals surface area (Å²) >= 11 is 2.33. The average molecular weight is 391 g/mol. The molecule has 1 N–H and O–H groups in total. The lowest BCUT2D eigenvalue weighted by atomic mass is 10.1. The molecule has 2 rings (SSSR count). The van der Waals surface area contributed by atoms with Crippen molar-refractivity contribution in [1.82, 2.24) is 9.97 Å². The zero-order chi connectivity index (χ0) is 14.7. The number of ether oxygens (including phenoxy) is 1. The van der Waals surface area contributed by atoms with Crippen LogP contribution in [0, 0.1) is 9.49 Å². The van der Waals surface area contributed by atoms with Crippen LogP contribution in [0.1, 0.15) is 26.5 Å². The van der Waals surface area contributed by atoms with Gasteiger partial charge in [-0.3, -0.25) is 0 Å². The van der Waals surface area contributed by atoms with Crippen LogP contribution in [0.25, 0.3) is 0 Å². The molecule has 0 unspecified atom stereocenters. The van der Waals surface area contributed by atoms with Gasteiger partial charge in [0.2, 0.25) is 0 Å². The summed E-state index contributed by atoms with van der Waals surface area (Å²) in [5, 5.41) is 9.33. The average Bonchev–Trinajstić information content (AvgIpc) is 2.40. The molecule has 6 heteroatoms. The fourth-order valence-corrected chi connectivity index (χ4v) is 3.30. The van der Waals surface area contributed by atoms with E-state index in [9.17, 15) is 5.11 Å².